The van der Waals surface area contributed by atoms with E-state index < -0.39 is 0 Å². The van der Waals surface area contributed by atoms with Gasteiger partial charge in [-0.25, -0.2) is 4.79 Å². The first-order valence-electron chi connectivity index (χ1n) is 5.55. The second kappa shape index (κ2) is 6.44. The molecular formula is C11H18N4O2S. The van der Waals surface area contributed by atoms with Crippen molar-refractivity contribution in [1.82, 2.24) is 14.8 Å². The van der Waals surface area contributed by atoms with Crippen LogP contribution >= 0.6 is 11.8 Å². The monoisotopic (exact) mass is 270 g/mol. The van der Waals surface area contributed by atoms with Crippen molar-refractivity contribution >= 4 is 23.7 Å². The summed E-state index contributed by atoms with van der Waals surface area (Å²) in [5, 5.41) is 8.60. The normalized spacial score (nSPS) is 11.9. The van der Waals surface area contributed by atoms with Crippen molar-refractivity contribution < 1.29 is 9.53 Å². The Kier molecular flexibility index (Phi) is 5.21. The van der Waals surface area contributed by atoms with Crippen LogP contribution in [0.4, 0.5) is 5.95 Å². The molecule has 18 heavy (non-hydrogen) atoms. The lowest BCUT2D eigenvalue weighted by Crippen LogP contribution is -2.07. The molecule has 0 spiro atoms. The predicted octanol–water partition coefficient (Wildman–Crippen LogP) is 1.65. The number of ether oxygens (including phenoxy) is 1. The molecule has 6 nitrogen and oxygen atoms in total. The summed E-state index contributed by atoms with van der Waals surface area (Å²) in [6.45, 7) is 5.74. The lowest BCUT2D eigenvalue weighted by molar-refractivity contribution is -0.136. The highest BCUT2D eigenvalue weighted by atomic mass is 32.2. The highest BCUT2D eigenvalue weighted by Gasteiger charge is 2.12. The van der Waals surface area contributed by atoms with Gasteiger partial charge in [-0.2, -0.15) is 0 Å². The largest absolute Gasteiger partial charge is 0.466 e. The van der Waals surface area contributed by atoms with Gasteiger partial charge in [0.2, 0.25) is 5.95 Å². The summed E-state index contributed by atoms with van der Waals surface area (Å²) in [6, 6.07) is 0.202. The van der Waals surface area contributed by atoms with Gasteiger partial charge in [0.25, 0.3) is 0 Å². The van der Waals surface area contributed by atoms with Crippen LogP contribution in [-0.2, 0) is 9.53 Å². The summed E-state index contributed by atoms with van der Waals surface area (Å²) in [6.07, 6.45) is 1.80. The van der Waals surface area contributed by atoms with Crippen LogP contribution in [0.1, 0.15) is 26.8 Å². The topological polar surface area (TPSA) is 83.0 Å². The maximum absolute atomic E-state index is 11.2. The summed E-state index contributed by atoms with van der Waals surface area (Å²) in [4.78, 5) is 11.2. The number of nitrogens with two attached hydrogens (primary N) is 1. The quantitative estimate of drug-likeness (QED) is 0.497. The van der Waals surface area contributed by atoms with E-state index in [4.69, 9.17) is 5.73 Å². The van der Waals surface area contributed by atoms with Crippen molar-refractivity contribution in [2.75, 3.05) is 18.6 Å². The van der Waals surface area contributed by atoms with Gasteiger partial charge in [-0.3, -0.25) is 4.57 Å². The third-order valence-electron chi connectivity index (χ3n) is 2.32. The maximum atomic E-state index is 11.2. The van der Waals surface area contributed by atoms with E-state index >= 15 is 0 Å². The van der Waals surface area contributed by atoms with Crippen molar-refractivity contribution in [2.45, 2.75) is 32.0 Å². The summed E-state index contributed by atoms with van der Waals surface area (Å²) in [7, 11) is 1.36. The first-order chi connectivity index (χ1) is 8.47. The van der Waals surface area contributed by atoms with Crippen LogP contribution in [0, 0.1) is 0 Å². The molecule has 0 aromatic carbocycles. The van der Waals surface area contributed by atoms with Gasteiger partial charge in [0, 0.05) is 17.4 Å². The Morgan fingerprint density at radius 2 is 2.22 bits per heavy atom. The second-order valence-corrected chi connectivity index (χ2v) is 4.98. The van der Waals surface area contributed by atoms with Crippen molar-refractivity contribution in [1.29, 1.82) is 0 Å². The van der Waals surface area contributed by atoms with E-state index in [1.807, 2.05) is 18.4 Å². The number of nitrogens with zero attached hydrogens (tertiary/aromatic N) is 3. The highest BCUT2D eigenvalue weighted by molar-refractivity contribution is 7.99. The minimum Gasteiger partial charge on any atom is -0.466 e. The Bertz CT molecular complexity index is 454. The molecule has 1 aromatic rings. The van der Waals surface area contributed by atoms with E-state index in [-0.39, 0.29) is 12.0 Å². The van der Waals surface area contributed by atoms with E-state index in [1.54, 1.807) is 13.0 Å². The number of hydrogen-bond donors (Lipinski definition) is 1. The molecule has 0 amide bonds. The molecule has 2 N–H and O–H groups in total. The third-order valence-corrected chi connectivity index (χ3v) is 3.19. The summed E-state index contributed by atoms with van der Waals surface area (Å²) < 4.78 is 6.46. The molecule has 1 rings (SSSR count). The molecule has 100 valence electrons. The minimum absolute atomic E-state index is 0.202. The molecule has 0 bridgehead atoms. The first-order valence-corrected chi connectivity index (χ1v) is 6.54. The van der Waals surface area contributed by atoms with Gasteiger partial charge >= 0.3 is 5.97 Å². The fourth-order valence-corrected chi connectivity index (χ4v) is 2.38. The molecule has 1 heterocycles. The minimum atomic E-state index is -0.319. The lowest BCUT2D eigenvalue weighted by atomic mass is 10.3. The van der Waals surface area contributed by atoms with E-state index in [0.717, 1.165) is 5.16 Å². The molecular weight excluding hydrogens is 252 g/mol. The first kappa shape index (κ1) is 14.6. The Hall–Kier alpha value is -1.50. The zero-order valence-electron chi connectivity index (χ0n) is 11.0. The molecule has 0 saturated heterocycles. The molecule has 0 radical (unpaired) electrons. The van der Waals surface area contributed by atoms with E-state index in [0.29, 0.717) is 17.3 Å². The average Bonchev–Trinajstić information content (AvgIpc) is 2.69. The average molecular weight is 270 g/mol. The Balaban J connectivity index is 2.67. The number of methoxy groups -OCH3 is 1. The van der Waals surface area contributed by atoms with Gasteiger partial charge in [-0.05, 0) is 20.8 Å². The molecule has 0 aliphatic carbocycles. The van der Waals surface area contributed by atoms with Crippen molar-refractivity contribution in [3.8, 4) is 0 Å². The van der Waals surface area contributed by atoms with Gasteiger partial charge < -0.3 is 10.5 Å². The Labute approximate surface area is 111 Å². The standard InChI is InChI=1S/C11H18N4O2S/c1-7(2)15-10(12)13-14-11(15)18-6-5-8(3)9(16)17-4/h5,7H,6H2,1-4H3,(H2,12,13). The van der Waals surface area contributed by atoms with Gasteiger partial charge in [0.1, 0.15) is 0 Å². The predicted molar refractivity (Wildman–Crippen MR) is 71.3 cm³/mol. The molecule has 0 aliphatic rings. The van der Waals surface area contributed by atoms with Crippen molar-refractivity contribution in [3.63, 3.8) is 0 Å². The maximum Gasteiger partial charge on any atom is 0.333 e. The number of carbonyl (C=O) groups excluding carboxylic acids is 1. The number of anilines is 1. The zero-order valence-corrected chi connectivity index (χ0v) is 11.8. The Morgan fingerprint density at radius 3 is 2.78 bits per heavy atom. The molecule has 0 atom stereocenters. The number of esters is 1. The highest BCUT2D eigenvalue weighted by Crippen LogP contribution is 2.22. The summed E-state index contributed by atoms with van der Waals surface area (Å²) in [5.41, 5.74) is 6.31. The van der Waals surface area contributed by atoms with Crippen LogP contribution < -0.4 is 5.73 Å². The number of carbonyl (C=O) groups is 1. The van der Waals surface area contributed by atoms with Crippen LogP contribution in [0.25, 0.3) is 0 Å². The van der Waals surface area contributed by atoms with Crippen LogP contribution in [0.15, 0.2) is 16.8 Å². The SMILES string of the molecule is COC(=O)C(C)=CCSc1nnc(N)n1C(C)C. The zero-order chi connectivity index (χ0) is 13.7. The molecule has 0 unspecified atom stereocenters. The molecule has 1 aromatic heterocycles. The number of thioether (sulfide) groups is 1. The van der Waals surface area contributed by atoms with E-state index in [9.17, 15) is 4.79 Å². The summed E-state index contributed by atoms with van der Waals surface area (Å²) >= 11 is 1.48. The molecule has 7 heteroatoms. The van der Waals surface area contributed by atoms with Gasteiger partial charge in [0.05, 0.1) is 7.11 Å². The third kappa shape index (κ3) is 3.49. The van der Waals surface area contributed by atoms with E-state index in [2.05, 4.69) is 14.9 Å². The van der Waals surface area contributed by atoms with Crippen LogP contribution in [0.3, 0.4) is 0 Å². The number of aromatic nitrogens is 3. The molecule has 0 saturated carbocycles. The van der Waals surface area contributed by atoms with Crippen LogP contribution in [0.5, 0.6) is 0 Å². The fourth-order valence-electron chi connectivity index (χ4n) is 1.36. The summed E-state index contributed by atoms with van der Waals surface area (Å²) in [5.74, 6) is 0.702. The van der Waals surface area contributed by atoms with Crippen molar-refractivity contribution in [3.05, 3.63) is 11.6 Å². The lowest BCUT2D eigenvalue weighted by Gasteiger charge is -2.10. The fraction of sp³-hybridized carbons (Fsp3) is 0.545. The van der Waals surface area contributed by atoms with Crippen LogP contribution in [-0.4, -0.2) is 33.6 Å². The smallest absolute Gasteiger partial charge is 0.333 e. The van der Waals surface area contributed by atoms with Crippen molar-refractivity contribution in [2.24, 2.45) is 0 Å². The Morgan fingerprint density at radius 1 is 1.56 bits per heavy atom. The number of rotatable bonds is 5. The molecule has 0 fully saturated rings. The molecule has 0 aliphatic heterocycles. The van der Waals surface area contributed by atoms with Gasteiger partial charge in [-0.1, -0.05) is 17.8 Å². The second-order valence-electron chi connectivity index (χ2n) is 3.99. The van der Waals surface area contributed by atoms with Crippen LogP contribution in [0.2, 0.25) is 0 Å². The van der Waals surface area contributed by atoms with Gasteiger partial charge in [-0.15, -0.1) is 10.2 Å². The van der Waals surface area contributed by atoms with E-state index in [1.165, 1.54) is 18.9 Å². The number of nitrogen functional groups attached to an aromatic ring is 1. The van der Waals surface area contributed by atoms with Gasteiger partial charge in [0.15, 0.2) is 5.16 Å². The number of hydrogen-bond acceptors (Lipinski definition) is 6.